The molecule has 1 aromatic rings. The number of nitrogens with two attached hydrogens (primary N) is 1. The maximum absolute atomic E-state index is 9.94. The third kappa shape index (κ3) is 5.20. The summed E-state index contributed by atoms with van der Waals surface area (Å²) in [6.45, 7) is 0.530. The molecule has 0 aliphatic rings. The second-order valence-electron chi connectivity index (χ2n) is 2.78. The number of nitrogens with one attached hydrogen (secondary N) is 2. The number of thioether (sulfide) groups is 1. The van der Waals surface area contributed by atoms with Gasteiger partial charge in [0.25, 0.3) is 5.96 Å². The molecule has 16 heavy (non-hydrogen) atoms. The van der Waals surface area contributed by atoms with E-state index in [4.69, 9.17) is 5.73 Å². The molecule has 0 bridgehead atoms. The molecule has 4 N–H and O–H groups in total. The fraction of sp³-hybridized carbons (Fsp3) is 0.429. The van der Waals surface area contributed by atoms with E-state index in [2.05, 4.69) is 20.6 Å². The number of hydrogen-bond donors (Lipinski definition) is 3. The van der Waals surface area contributed by atoms with E-state index in [1.54, 1.807) is 18.0 Å². The van der Waals surface area contributed by atoms with Crippen LogP contribution in [0.3, 0.4) is 0 Å². The Labute approximate surface area is 95.8 Å². The number of guanidine groups is 1. The zero-order valence-electron chi connectivity index (χ0n) is 8.42. The van der Waals surface area contributed by atoms with Crippen LogP contribution in [0.4, 0.5) is 0 Å². The monoisotopic (exact) mass is 244 g/mol. The molecule has 88 valence electrons. The van der Waals surface area contributed by atoms with Gasteiger partial charge < -0.3 is 11.1 Å². The number of nitrogens with zero attached hydrogens (tertiary/aromatic N) is 3. The van der Waals surface area contributed by atoms with E-state index in [1.165, 1.54) is 0 Å². The molecule has 1 aromatic heterocycles. The first kappa shape index (κ1) is 12.3. The molecular weight excluding hydrogens is 232 g/mol. The SMILES string of the molecule is NC(=N[N+](=O)[O-])NCCSCc1ccn[nH]1. The lowest BCUT2D eigenvalue weighted by molar-refractivity contribution is -0.485. The van der Waals surface area contributed by atoms with Gasteiger partial charge in [0.1, 0.15) is 5.10 Å². The summed E-state index contributed by atoms with van der Waals surface area (Å²) >= 11 is 1.66. The quantitative estimate of drug-likeness (QED) is 0.208. The van der Waals surface area contributed by atoms with Crippen LogP contribution >= 0.6 is 11.8 Å². The molecule has 9 heteroatoms. The predicted molar refractivity (Wildman–Crippen MR) is 61.4 cm³/mol. The second kappa shape index (κ2) is 6.67. The Bertz CT molecular complexity index is 352. The van der Waals surface area contributed by atoms with Crippen molar-refractivity contribution >= 4 is 17.7 Å². The van der Waals surface area contributed by atoms with Crippen LogP contribution in [0.1, 0.15) is 5.69 Å². The van der Waals surface area contributed by atoms with Crippen molar-refractivity contribution < 1.29 is 5.03 Å². The minimum absolute atomic E-state index is 0.174. The standard InChI is InChI=1S/C7H12N6O2S/c8-7(12-13(14)15)9-3-4-16-5-6-1-2-10-11-6/h1-2H,3-5H2,(H,10,11)(H3,8,9,12). The highest BCUT2D eigenvalue weighted by atomic mass is 32.2. The van der Waals surface area contributed by atoms with Crippen LogP contribution in [-0.4, -0.2) is 33.5 Å². The summed E-state index contributed by atoms with van der Waals surface area (Å²) in [6.07, 6.45) is 1.69. The van der Waals surface area contributed by atoms with E-state index in [0.717, 1.165) is 17.2 Å². The van der Waals surface area contributed by atoms with Crippen LogP contribution in [0.5, 0.6) is 0 Å². The summed E-state index contributed by atoms with van der Waals surface area (Å²) in [5.41, 5.74) is 6.26. The lowest BCUT2D eigenvalue weighted by atomic mass is 10.5. The number of hydrogen-bond acceptors (Lipinski definition) is 4. The van der Waals surface area contributed by atoms with E-state index in [9.17, 15) is 10.1 Å². The van der Waals surface area contributed by atoms with Gasteiger partial charge in [0.05, 0.1) is 0 Å². The van der Waals surface area contributed by atoms with Crippen LogP contribution in [0.2, 0.25) is 0 Å². The molecule has 0 unspecified atom stereocenters. The summed E-state index contributed by atoms with van der Waals surface area (Å²) in [4.78, 5) is 9.94. The first-order valence-corrected chi connectivity index (χ1v) is 5.62. The van der Waals surface area contributed by atoms with Crippen molar-refractivity contribution in [2.24, 2.45) is 10.8 Å². The summed E-state index contributed by atoms with van der Waals surface area (Å²) in [6, 6.07) is 1.89. The van der Waals surface area contributed by atoms with Crippen LogP contribution in [0.15, 0.2) is 17.4 Å². The van der Waals surface area contributed by atoms with Gasteiger partial charge in [-0.25, -0.2) is 10.1 Å². The molecule has 0 aliphatic heterocycles. The number of hydrazone groups is 1. The van der Waals surface area contributed by atoms with E-state index in [-0.39, 0.29) is 5.96 Å². The van der Waals surface area contributed by atoms with Gasteiger partial charge in [0, 0.05) is 29.9 Å². The van der Waals surface area contributed by atoms with Crippen molar-refractivity contribution in [2.75, 3.05) is 12.3 Å². The average molecular weight is 244 g/mol. The molecule has 0 aromatic carbocycles. The molecule has 8 nitrogen and oxygen atoms in total. The van der Waals surface area contributed by atoms with Crippen molar-refractivity contribution in [2.45, 2.75) is 5.75 Å². The summed E-state index contributed by atoms with van der Waals surface area (Å²) in [5.74, 6) is 1.41. The molecule has 0 saturated heterocycles. The highest BCUT2D eigenvalue weighted by Crippen LogP contribution is 2.07. The molecule has 0 radical (unpaired) electrons. The van der Waals surface area contributed by atoms with Crippen LogP contribution < -0.4 is 11.1 Å². The largest absolute Gasteiger partial charge is 0.365 e. The molecule has 1 heterocycles. The third-order valence-electron chi connectivity index (χ3n) is 1.56. The van der Waals surface area contributed by atoms with Crippen molar-refractivity contribution in [1.82, 2.24) is 15.5 Å². The number of aromatic nitrogens is 2. The summed E-state index contributed by atoms with van der Waals surface area (Å²) < 4.78 is 0. The smallest absolute Gasteiger partial charge is 0.266 e. The summed E-state index contributed by atoms with van der Waals surface area (Å²) in [7, 11) is 0. The topological polar surface area (TPSA) is 122 Å². The average Bonchev–Trinajstić information content (AvgIpc) is 2.68. The van der Waals surface area contributed by atoms with E-state index < -0.39 is 5.03 Å². The Hall–Kier alpha value is -1.77. The Morgan fingerprint density at radius 2 is 2.62 bits per heavy atom. The van der Waals surface area contributed by atoms with Gasteiger partial charge in [-0.1, -0.05) is 0 Å². The zero-order valence-corrected chi connectivity index (χ0v) is 9.24. The maximum atomic E-state index is 9.94. The lowest BCUT2D eigenvalue weighted by Crippen LogP contribution is -2.34. The number of rotatable bonds is 6. The highest BCUT2D eigenvalue weighted by Gasteiger charge is 1.98. The molecule has 1 rings (SSSR count). The van der Waals surface area contributed by atoms with Gasteiger partial charge in [-0.2, -0.15) is 16.9 Å². The Kier molecular flexibility index (Phi) is 5.12. The molecule has 0 aliphatic carbocycles. The fourth-order valence-electron chi connectivity index (χ4n) is 0.922. The fourth-order valence-corrected chi connectivity index (χ4v) is 1.69. The molecule has 0 atom stereocenters. The molecule has 0 saturated carbocycles. The first-order chi connectivity index (χ1) is 7.68. The van der Waals surface area contributed by atoms with Crippen LogP contribution in [-0.2, 0) is 5.75 Å². The predicted octanol–water partition coefficient (Wildman–Crippen LogP) is -0.261. The highest BCUT2D eigenvalue weighted by molar-refractivity contribution is 7.98. The van der Waals surface area contributed by atoms with Crippen molar-refractivity contribution in [1.29, 1.82) is 0 Å². The van der Waals surface area contributed by atoms with E-state index >= 15 is 0 Å². The van der Waals surface area contributed by atoms with Crippen molar-refractivity contribution in [3.05, 3.63) is 28.1 Å². The summed E-state index contributed by atoms with van der Waals surface area (Å²) in [5, 5.41) is 21.3. The Morgan fingerprint density at radius 3 is 3.25 bits per heavy atom. The number of H-pyrrole nitrogens is 1. The van der Waals surface area contributed by atoms with Crippen LogP contribution in [0.25, 0.3) is 0 Å². The molecule has 0 amide bonds. The zero-order chi connectivity index (χ0) is 11.8. The first-order valence-electron chi connectivity index (χ1n) is 4.47. The van der Waals surface area contributed by atoms with Gasteiger partial charge in [0.2, 0.25) is 0 Å². The molecule has 0 fully saturated rings. The van der Waals surface area contributed by atoms with Gasteiger partial charge in [-0.3, -0.25) is 5.10 Å². The number of nitro groups is 1. The lowest BCUT2D eigenvalue weighted by Gasteiger charge is -2.01. The van der Waals surface area contributed by atoms with Gasteiger partial charge in [-0.05, 0) is 6.07 Å². The third-order valence-corrected chi connectivity index (χ3v) is 2.57. The van der Waals surface area contributed by atoms with Crippen molar-refractivity contribution in [3.8, 4) is 0 Å². The maximum Gasteiger partial charge on any atom is 0.266 e. The van der Waals surface area contributed by atoms with Gasteiger partial charge in [0.15, 0.2) is 5.03 Å². The second-order valence-corrected chi connectivity index (χ2v) is 3.89. The van der Waals surface area contributed by atoms with Crippen LogP contribution in [0, 0.1) is 10.1 Å². The minimum Gasteiger partial charge on any atom is -0.365 e. The van der Waals surface area contributed by atoms with Gasteiger partial charge in [-0.15, -0.1) is 0 Å². The minimum atomic E-state index is -0.833. The van der Waals surface area contributed by atoms with Gasteiger partial charge >= 0.3 is 0 Å². The normalized spacial score (nSPS) is 11.4. The Balaban J connectivity index is 2.06. The van der Waals surface area contributed by atoms with E-state index in [0.29, 0.717) is 6.54 Å². The molecule has 0 spiro atoms. The molecular formula is C7H12N6O2S. The van der Waals surface area contributed by atoms with Crippen molar-refractivity contribution in [3.63, 3.8) is 0 Å². The van der Waals surface area contributed by atoms with E-state index in [1.807, 2.05) is 6.07 Å². The number of aromatic amines is 1. The Morgan fingerprint density at radius 1 is 1.81 bits per heavy atom.